The second-order valence-electron chi connectivity index (χ2n) is 9.59. The number of benzene rings is 2. The minimum absolute atomic E-state index is 0.364. The van der Waals surface area contributed by atoms with Gasteiger partial charge in [-0.15, -0.1) is 0 Å². The van der Waals surface area contributed by atoms with Gasteiger partial charge in [0, 0.05) is 30.1 Å². The molecule has 0 radical (unpaired) electrons. The van der Waals surface area contributed by atoms with E-state index in [0.717, 1.165) is 41.8 Å². The number of aryl methyl sites for hydroxylation is 1. The second-order valence-corrected chi connectivity index (χ2v) is 13.2. The van der Waals surface area contributed by atoms with Crippen LogP contribution in [0.15, 0.2) is 42.6 Å². The molecule has 35 heavy (non-hydrogen) atoms. The van der Waals surface area contributed by atoms with E-state index in [1.807, 2.05) is 37.3 Å². The highest BCUT2D eigenvalue weighted by Gasteiger charge is 2.26. The van der Waals surface area contributed by atoms with Gasteiger partial charge in [-0.25, -0.2) is 4.98 Å². The lowest BCUT2D eigenvalue weighted by Gasteiger charge is -2.24. The number of nitrogens with two attached hydrogens (primary N) is 1. The molecule has 1 atom stereocenters. The highest BCUT2D eigenvalue weighted by molar-refractivity contribution is 7.70. The largest absolute Gasteiger partial charge is 0.397 e. The average Bonchev–Trinajstić information content (AvgIpc) is 3.28. The summed E-state index contributed by atoms with van der Waals surface area (Å²) in [6.45, 7) is 7.46. The molecule has 186 valence electrons. The van der Waals surface area contributed by atoms with E-state index < -0.39 is 7.14 Å². The number of hydrogen-bond acceptors (Lipinski definition) is 8. The predicted octanol–water partition coefficient (Wildman–Crippen LogP) is 4.90. The maximum absolute atomic E-state index is 12.7. The van der Waals surface area contributed by atoms with Crippen LogP contribution in [0.4, 0.5) is 34.5 Å². The van der Waals surface area contributed by atoms with E-state index in [0.29, 0.717) is 34.2 Å². The van der Waals surface area contributed by atoms with Gasteiger partial charge in [-0.2, -0.15) is 4.98 Å². The number of nitrogens with zero attached hydrogens (tertiary/aromatic N) is 4. The van der Waals surface area contributed by atoms with Crippen LogP contribution in [0.5, 0.6) is 0 Å². The number of aromatic nitrogens is 2. The van der Waals surface area contributed by atoms with E-state index in [-0.39, 0.29) is 0 Å². The molecule has 1 aromatic heterocycles. The highest BCUT2D eigenvalue weighted by Crippen LogP contribution is 2.39. The van der Waals surface area contributed by atoms with Gasteiger partial charge in [0.05, 0.1) is 23.3 Å². The van der Waals surface area contributed by atoms with E-state index in [2.05, 4.69) is 50.6 Å². The van der Waals surface area contributed by atoms with Gasteiger partial charge < -0.3 is 30.7 Å². The maximum Gasteiger partial charge on any atom is 0.229 e. The van der Waals surface area contributed by atoms with Crippen molar-refractivity contribution < 1.29 is 4.57 Å². The molecule has 1 fully saturated rings. The zero-order chi connectivity index (χ0) is 25.3. The number of anilines is 6. The number of hydrogen-bond donors (Lipinski definition) is 3. The summed E-state index contributed by atoms with van der Waals surface area (Å²) in [4.78, 5) is 13.5. The van der Waals surface area contributed by atoms with Crippen LogP contribution >= 0.6 is 18.7 Å². The molecule has 3 aromatic rings. The molecule has 2 heterocycles. The molecule has 1 unspecified atom stereocenters. The van der Waals surface area contributed by atoms with Crippen molar-refractivity contribution in [3.8, 4) is 0 Å². The second kappa shape index (κ2) is 10.1. The molecule has 0 amide bonds. The fourth-order valence-electron chi connectivity index (χ4n) is 4.31. The first-order chi connectivity index (χ1) is 16.5. The fraction of sp³-hybridized carbons (Fsp3) is 0.360. The maximum atomic E-state index is 12.7. The van der Waals surface area contributed by atoms with Crippen molar-refractivity contribution in [2.75, 3.05) is 61.8 Å². The molecule has 4 rings (SSSR count). The number of nitrogen functional groups attached to an aromatic ring is 1. The third-order valence-electron chi connectivity index (χ3n) is 6.34. The van der Waals surface area contributed by atoms with Crippen molar-refractivity contribution in [3.05, 3.63) is 53.2 Å². The third-order valence-corrected chi connectivity index (χ3v) is 8.16. The Kier molecular flexibility index (Phi) is 7.27. The Balaban J connectivity index is 1.57. The third kappa shape index (κ3) is 5.72. The van der Waals surface area contributed by atoms with Crippen LogP contribution in [0.3, 0.4) is 0 Å². The van der Waals surface area contributed by atoms with Crippen LogP contribution in [0, 0.1) is 6.92 Å². The van der Waals surface area contributed by atoms with Crippen LogP contribution in [-0.2, 0) is 4.57 Å². The van der Waals surface area contributed by atoms with Gasteiger partial charge >= 0.3 is 0 Å². The zero-order valence-electron chi connectivity index (χ0n) is 20.8. The molecule has 4 N–H and O–H groups in total. The molecule has 1 aliphatic heterocycles. The van der Waals surface area contributed by atoms with Crippen LogP contribution in [0.25, 0.3) is 0 Å². The van der Waals surface area contributed by atoms with E-state index >= 15 is 0 Å². The first kappa shape index (κ1) is 25.3. The van der Waals surface area contributed by atoms with Crippen LogP contribution in [0.2, 0.25) is 5.02 Å². The molecule has 0 saturated carbocycles. The van der Waals surface area contributed by atoms with Crippen LogP contribution < -0.4 is 26.6 Å². The van der Waals surface area contributed by atoms with Gasteiger partial charge in [0.15, 0.2) is 5.82 Å². The molecular weight excluding hydrogens is 481 g/mol. The standard InChI is InChI=1S/C25H33ClN7OP/c1-16-12-22(33-11-10-17(15-33)32(2)3)19(27)13-21(16)30-25-28-14-18(26)24(31-25)29-20-8-6-7-9-23(20)35(4,5)34/h6-9,12-14,17H,10-11,15,27H2,1-5H3,(H2,28,29,30,31). The van der Waals surface area contributed by atoms with Crippen LogP contribution in [0.1, 0.15) is 12.0 Å². The predicted molar refractivity (Wildman–Crippen MR) is 149 cm³/mol. The van der Waals surface area contributed by atoms with Crippen molar-refractivity contribution in [1.29, 1.82) is 0 Å². The lowest BCUT2D eigenvalue weighted by Crippen LogP contribution is -2.31. The Labute approximate surface area is 212 Å². The monoisotopic (exact) mass is 513 g/mol. The number of likely N-dealkylation sites (N-methyl/N-ethyl adjacent to an activating group) is 1. The summed E-state index contributed by atoms with van der Waals surface area (Å²) in [7, 11) is 1.74. The average molecular weight is 514 g/mol. The lowest BCUT2D eigenvalue weighted by atomic mass is 10.1. The number of nitrogens with one attached hydrogen (secondary N) is 2. The van der Waals surface area contributed by atoms with Crippen molar-refractivity contribution in [1.82, 2.24) is 14.9 Å². The Bertz CT molecular complexity index is 1280. The van der Waals surface area contributed by atoms with Crippen molar-refractivity contribution in [2.24, 2.45) is 0 Å². The Morgan fingerprint density at radius 1 is 1.17 bits per heavy atom. The minimum Gasteiger partial charge on any atom is -0.397 e. The molecule has 1 aliphatic rings. The Hall–Kier alpha value is -2.80. The first-order valence-corrected chi connectivity index (χ1v) is 14.5. The van der Waals surface area contributed by atoms with E-state index in [1.165, 1.54) is 6.20 Å². The van der Waals surface area contributed by atoms with Crippen LogP contribution in [-0.4, -0.2) is 61.4 Å². The fourth-order valence-corrected chi connectivity index (χ4v) is 5.61. The highest BCUT2D eigenvalue weighted by atomic mass is 35.5. The summed E-state index contributed by atoms with van der Waals surface area (Å²) in [6, 6.07) is 12.0. The summed E-state index contributed by atoms with van der Waals surface area (Å²) in [5, 5.41) is 7.60. The Morgan fingerprint density at radius 2 is 1.91 bits per heavy atom. The first-order valence-electron chi connectivity index (χ1n) is 11.6. The lowest BCUT2D eigenvalue weighted by molar-refractivity contribution is 0.315. The molecule has 1 saturated heterocycles. The zero-order valence-corrected chi connectivity index (χ0v) is 22.5. The van der Waals surface area contributed by atoms with E-state index in [4.69, 9.17) is 17.3 Å². The van der Waals surface area contributed by atoms with Gasteiger partial charge in [0.1, 0.15) is 12.2 Å². The van der Waals surface area contributed by atoms with Gasteiger partial charge in [0.25, 0.3) is 0 Å². The number of halogens is 1. The van der Waals surface area contributed by atoms with Gasteiger partial charge in [-0.1, -0.05) is 23.7 Å². The molecular formula is C25H33ClN7OP. The van der Waals surface area contributed by atoms with Crippen molar-refractivity contribution >= 4 is 58.6 Å². The number of para-hydroxylation sites is 1. The normalized spacial score (nSPS) is 16.1. The smallest absolute Gasteiger partial charge is 0.229 e. The SMILES string of the molecule is Cc1cc(N2CCC(N(C)C)C2)c(N)cc1Nc1ncc(Cl)c(Nc2ccccc2P(C)(C)=O)n1. The summed E-state index contributed by atoms with van der Waals surface area (Å²) in [5.74, 6) is 0.814. The molecule has 0 bridgehead atoms. The molecule has 0 aliphatic carbocycles. The quantitative estimate of drug-likeness (QED) is 0.303. The summed E-state index contributed by atoms with van der Waals surface area (Å²) >= 11 is 6.39. The van der Waals surface area contributed by atoms with Crippen molar-refractivity contribution in [3.63, 3.8) is 0 Å². The molecule has 10 heteroatoms. The van der Waals surface area contributed by atoms with E-state index in [1.54, 1.807) is 13.3 Å². The van der Waals surface area contributed by atoms with Crippen molar-refractivity contribution in [2.45, 2.75) is 19.4 Å². The molecule has 0 spiro atoms. The van der Waals surface area contributed by atoms with E-state index in [9.17, 15) is 4.57 Å². The van der Waals surface area contributed by atoms with Gasteiger partial charge in [-0.3, -0.25) is 0 Å². The molecule has 8 nitrogen and oxygen atoms in total. The van der Waals surface area contributed by atoms with Gasteiger partial charge in [-0.05, 0) is 70.6 Å². The summed E-state index contributed by atoms with van der Waals surface area (Å²) < 4.78 is 12.7. The summed E-state index contributed by atoms with van der Waals surface area (Å²) in [5.41, 5.74) is 10.8. The number of rotatable bonds is 7. The Morgan fingerprint density at radius 3 is 2.60 bits per heavy atom. The summed E-state index contributed by atoms with van der Waals surface area (Å²) in [6.07, 6.45) is 2.66. The van der Waals surface area contributed by atoms with Gasteiger partial charge in [0.2, 0.25) is 5.95 Å². The molecule has 2 aromatic carbocycles. The topological polar surface area (TPSA) is 99.4 Å². The minimum atomic E-state index is -2.50.